The van der Waals surface area contributed by atoms with Crippen LogP contribution in [0.3, 0.4) is 0 Å². The molecule has 14 heavy (non-hydrogen) atoms. The SMILES string of the molecule is CNCC(C)N(C)Cc1ccoc1C. The Bertz CT molecular complexity index is 270. The lowest BCUT2D eigenvalue weighted by Crippen LogP contribution is -2.36. The lowest BCUT2D eigenvalue weighted by molar-refractivity contribution is 0.245. The third-order valence-electron chi connectivity index (χ3n) is 2.64. The molecule has 1 rings (SSSR count). The minimum atomic E-state index is 0.536. The minimum Gasteiger partial charge on any atom is -0.469 e. The van der Waals surface area contributed by atoms with E-state index in [1.54, 1.807) is 6.26 Å². The molecule has 1 N–H and O–H groups in total. The average molecular weight is 196 g/mol. The lowest BCUT2D eigenvalue weighted by atomic mass is 10.2. The van der Waals surface area contributed by atoms with Crippen LogP contribution < -0.4 is 5.32 Å². The van der Waals surface area contributed by atoms with E-state index in [0.717, 1.165) is 18.8 Å². The second-order valence-electron chi connectivity index (χ2n) is 3.82. The maximum absolute atomic E-state index is 5.26. The third kappa shape index (κ3) is 2.86. The highest BCUT2D eigenvalue weighted by Gasteiger charge is 2.10. The first kappa shape index (κ1) is 11.3. The molecule has 0 aliphatic heterocycles. The van der Waals surface area contributed by atoms with Gasteiger partial charge >= 0.3 is 0 Å². The zero-order valence-electron chi connectivity index (χ0n) is 9.50. The van der Waals surface area contributed by atoms with E-state index >= 15 is 0 Å². The van der Waals surface area contributed by atoms with Crippen LogP contribution in [0.1, 0.15) is 18.2 Å². The molecule has 0 radical (unpaired) electrons. The highest BCUT2D eigenvalue weighted by atomic mass is 16.3. The maximum Gasteiger partial charge on any atom is 0.105 e. The van der Waals surface area contributed by atoms with Crippen molar-refractivity contribution in [2.45, 2.75) is 26.4 Å². The van der Waals surface area contributed by atoms with Gasteiger partial charge in [-0.25, -0.2) is 0 Å². The van der Waals surface area contributed by atoms with E-state index in [0.29, 0.717) is 6.04 Å². The van der Waals surface area contributed by atoms with Crippen molar-refractivity contribution in [1.82, 2.24) is 10.2 Å². The fourth-order valence-corrected chi connectivity index (χ4v) is 1.45. The van der Waals surface area contributed by atoms with Crippen LogP contribution in [-0.2, 0) is 6.54 Å². The summed E-state index contributed by atoms with van der Waals surface area (Å²) in [7, 11) is 4.11. The van der Waals surface area contributed by atoms with E-state index in [1.807, 2.05) is 20.0 Å². The molecule has 0 saturated heterocycles. The number of hydrogen-bond donors (Lipinski definition) is 1. The topological polar surface area (TPSA) is 28.4 Å². The summed E-state index contributed by atoms with van der Waals surface area (Å²) in [6.07, 6.45) is 1.75. The van der Waals surface area contributed by atoms with Crippen LogP contribution in [0.2, 0.25) is 0 Å². The highest BCUT2D eigenvalue weighted by molar-refractivity contribution is 5.15. The Balaban J connectivity index is 2.48. The van der Waals surface area contributed by atoms with Gasteiger partial charge in [0, 0.05) is 24.7 Å². The summed E-state index contributed by atoms with van der Waals surface area (Å²) >= 11 is 0. The smallest absolute Gasteiger partial charge is 0.105 e. The molecule has 0 aliphatic rings. The van der Waals surface area contributed by atoms with Crippen molar-refractivity contribution in [2.24, 2.45) is 0 Å². The molecule has 1 unspecified atom stereocenters. The fourth-order valence-electron chi connectivity index (χ4n) is 1.45. The number of nitrogens with zero attached hydrogens (tertiary/aromatic N) is 1. The molecule has 1 aromatic heterocycles. The Kier molecular flexibility index (Phi) is 4.17. The summed E-state index contributed by atoms with van der Waals surface area (Å²) in [5.74, 6) is 1.02. The first-order valence-electron chi connectivity index (χ1n) is 5.03. The summed E-state index contributed by atoms with van der Waals surface area (Å²) < 4.78 is 5.26. The summed E-state index contributed by atoms with van der Waals surface area (Å²) in [6.45, 7) is 6.18. The van der Waals surface area contributed by atoms with E-state index in [-0.39, 0.29) is 0 Å². The van der Waals surface area contributed by atoms with Crippen LogP contribution in [0.4, 0.5) is 0 Å². The van der Waals surface area contributed by atoms with Crippen molar-refractivity contribution in [3.05, 3.63) is 23.7 Å². The standard InChI is InChI=1S/C11H20N2O/c1-9(7-12-3)13(4)8-11-5-6-14-10(11)2/h5-6,9,12H,7-8H2,1-4H3. The Morgan fingerprint density at radius 2 is 2.29 bits per heavy atom. The summed E-state index contributed by atoms with van der Waals surface area (Å²) in [5.41, 5.74) is 1.27. The first-order chi connectivity index (χ1) is 6.65. The van der Waals surface area contributed by atoms with Crippen LogP contribution in [0.5, 0.6) is 0 Å². The van der Waals surface area contributed by atoms with Crippen LogP contribution >= 0.6 is 0 Å². The van der Waals surface area contributed by atoms with Gasteiger partial charge in [0.15, 0.2) is 0 Å². The molecular formula is C11H20N2O. The van der Waals surface area contributed by atoms with Gasteiger partial charge in [-0.15, -0.1) is 0 Å². The zero-order chi connectivity index (χ0) is 10.6. The number of hydrogen-bond acceptors (Lipinski definition) is 3. The van der Waals surface area contributed by atoms with Crippen molar-refractivity contribution < 1.29 is 4.42 Å². The second kappa shape index (κ2) is 5.17. The predicted molar refractivity (Wildman–Crippen MR) is 58.3 cm³/mol. The normalized spacial score (nSPS) is 13.5. The molecule has 1 atom stereocenters. The van der Waals surface area contributed by atoms with Crippen LogP contribution in [-0.4, -0.2) is 31.6 Å². The van der Waals surface area contributed by atoms with Gasteiger partial charge in [-0.05, 0) is 34.0 Å². The third-order valence-corrected chi connectivity index (χ3v) is 2.64. The van der Waals surface area contributed by atoms with Gasteiger partial charge in [-0.1, -0.05) is 0 Å². The van der Waals surface area contributed by atoms with Gasteiger partial charge in [0.05, 0.1) is 6.26 Å². The molecule has 0 bridgehead atoms. The molecule has 1 aromatic rings. The number of likely N-dealkylation sites (N-methyl/N-ethyl adjacent to an activating group) is 2. The molecule has 0 saturated carbocycles. The second-order valence-corrected chi connectivity index (χ2v) is 3.82. The molecule has 0 amide bonds. The van der Waals surface area contributed by atoms with E-state index in [1.165, 1.54) is 5.56 Å². The van der Waals surface area contributed by atoms with E-state index in [2.05, 4.69) is 24.2 Å². The molecule has 0 fully saturated rings. The fraction of sp³-hybridized carbons (Fsp3) is 0.636. The Hall–Kier alpha value is -0.800. The van der Waals surface area contributed by atoms with Crippen molar-refractivity contribution in [3.8, 4) is 0 Å². The molecular weight excluding hydrogens is 176 g/mol. The van der Waals surface area contributed by atoms with Crippen LogP contribution in [0, 0.1) is 6.92 Å². The van der Waals surface area contributed by atoms with Gasteiger partial charge in [-0.3, -0.25) is 4.90 Å². The minimum absolute atomic E-state index is 0.536. The first-order valence-corrected chi connectivity index (χ1v) is 5.03. The van der Waals surface area contributed by atoms with Crippen molar-refractivity contribution >= 4 is 0 Å². The molecule has 80 valence electrons. The van der Waals surface area contributed by atoms with Crippen LogP contribution in [0.15, 0.2) is 16.7 Å². The van der Waals surface area contributed by atoms with Gasteiger partial charge in [0.2, 0.25) is 0 Å². The van der Waals surface area contributed by atoms with E-state index in [9.17, 15) is 0 Å². The van der Waals surface area contributed by atoms with Gasteiger partial charge in [0.1, 0.15) is 5.76 Å². The van der Waals surface area contributed by atoms with E-state index in [4.69, 9.17) is 4.42 Å². The number of aryl methyl sites for hydroxylation is 1. The number of nitrogens with one attached hydrogen (secondary N) is 1. The van der Waals surface area contributed by atoms with Crippen molar-refractivity contribution in [1.29, 1.82) is 0 Å². The van der Waals surface area contributed by atoms with Crippen LogP contribution in [0.25, 0.3) is 0 Å². The predicted octanol–water partition coefficient (Wildman–Crippen LogP) is 1.63. The van der Waals surface area contributed by atoms with Crippen molar-refractivity contribution in [3.63, 3.8) is 0 Å². The molecule has 3 heteroatoms. The van der Waals surface area contributed by atoms with Gasteiger partial charge in [0.25, 0.3) is 0 Å². The monoisotopic (exact) mass is 196 g/mol. The molecule has 0 aromatic carbocycles. The summed E-state index contributed by atoms with van der Waals surface area (Å²) in [5, 5.41) is 3.18. The zero-order valence-corrected chi connectivity index (χ0v) is 9.50. The highest BCUT2D eigenvalue weighted by Crippen LogP contribution is 2.12. The maximum atomic E-state index is 5.26. The quantitative estimate of drug-likeness (QED) is 0.776. The number of furan rings is 1. The Labute approximate surface area is 86.1 Å². The molecule has 1 heterocycles. The van der Waals surface area contributed by atoms with Gasteiger partial charge < -0.3 is 9.73 Å². The summed E-state index contributed by atoms with van der Waals surface area (Å²) in [4.78, 5) is 2.31. The Morgan fingerprint density at radius 1 is 1.57 bits per heavy atom. The molecule has 0 spiro atoms. The molecule has 3 nitrogen and oxygen atoms in total. The largest absolute Gasteiger partial charge is 0.469 e. The van der Waals surface area contributed by atoms with Gasteiger partial charge in [-0.2, -0.15) is 0 Å². The lowest BCUT2D eigenvalue weighted by Gasteiger charge is -2.24. The Morgan fingerprint density at radius 3 is 2.79 bits per heavy atom. The summed E-state index contributed by atoms with van der Waals surface area (Å²) in [6, 6.07) is 2.58. The number of rotatable bonds is 5. The van der Waals surface area contributed by atoms with Crippen molar-refractivity contribution in [2.75, 3.05) is 20.6 Å². The average Bonchev–Trinajstić information content (AvgIpc) is 2.52. The van der Waals surface area contributed by atoms with E-state index < -0.39 is 0 Å². The molecule has 0 aliphatic carbocycles.